The van der Waals surface area contributed by atoms with E-state index in [0.717, 1.165) is 17.1 Å². The monoisotopic (exact) mass is 338 g/mol. The van der Waals surface area contributed by atoms with Gasteiger partial charge in [0.05, 0.1) is 23.4 Å². The van der Waals surface area contributed by atoms with Crippen LogP contribution in [0.3, 0.4) is 0 Å². The van der Waals surface area contributed by atoms with E-state index < -0.39 is 35.3 Å². The van der Waals surface area contributed by atoms with Gasteiger partial charge in [0.1, 0.15) is 18.8 Å². The molecule has 0 aliphatic carbocycles. The third-order valence-corrected chi connectivity index (χ3v) is 2.83. The average molecular weight is 338 g/mol. The Bertz CT molecular complexity index is 697. The molecule has 0 amide bonds. The molecule has 0 bridgehead atoms. The van der Waals surface area contributed by atoms with Crippen LogP contribution in [-0.4, -0.2) is 49.6 Å². The molecule has 0 fully saturated rings. The maximum Gasteiger partial charge on any atom is 0.408 e. The number of aromatic nitrogens is 5. The lowest BCUT2D eigenvalue weighted by molar-refractivity contribution is -0.387. The molecule has 1 unspecified atom stereocenters. The number of nitro groups is 1. The van der Waals surface area contributed by atoms with Crippen LogP contribution < -0.4 is 0 Å². The highest BCUT2D eigenvalue weighted by atomic mass is 19.4. The fourth-order valence-electron chi connectivity index (χ4n) is 1.91. The number of hydrogen-bond donors (Lipinski definition) is 0. The van der Waals surface area contributed by atoms with Gasteiger partial charge in [-0.25, -0.2) is 4.68 Å². The van der Waals surface area contributed by atoms with Gasteiger partial charge in [-0.2, -0.15) is 17.6 Å². The van der Waals surface area contributed by atoms with Gasteiger partial charge in [0.15, 0.2) is 0 Å². The van der Waals surface area contributed by atoms with E-state index in [2.05, 4.69) is 15.4 Å². The van der Waals surface area contributed by atoms with Crippen molar-refractivity contribution in [2.45, 2.75) is 18.8 Å². The smallest absolute Gasteiger partial charge is 0.382 e. The number of alkyl halides is 3. The van der Waals surface area contributed by atoms with Crippen LogP contribution in [0.15, 0.2) is 12.4 Å². The summed E-state index contributed by atoms with van der Waals surface area (Å²) in [5.41, 5.74) is -0.984. The van der Waals surface area contributed by atoms with Crippen molar-refractivity contribution in [3.63, 3.8) is 0 Å². The summed E-state index contributed by atoms with van der Waals surface area (Å²) in [6.07, 6.45) is -2.76. The number of halogens is 4. The fraction of sp³-hybridized carbons (Fsp3) is 0.500. The minimum Gasteiger partial charge on any atom is -0.382 e. The summed E-state index contributed by atoms with van der Waals surface area (Å²) < 4.78 is 57.3. The molecule has 1 atom stereocenters. The fourth-order valence-corrected chi connectivity index (χ4v) is 1.91. The number of hydrogen-bond acceptors (Lipinski definition) is 6. The maximum absolute atomic E-state index is 13.4. The molecule has 9 nitrogen and oxygen atoms in total. The summed E-state index contributed by atoms with van der Waals surface area (Å²) in [6.45, 7) is -1.64. The first-order chi connectivity index (χ1) is 10.7. The summed E-state index contributed by atoms with van der Waals surface area (Å²) >= 11 is 0. The van der Waals surface area contributed by atoms with E-state index in [9.17, 15) is 27.7 Å². The molecular formula is C10H10F4N6O3. The van der Waals surface area contributed by atoms with Crippen molar-refractivity contribution in [3.05, 3.63) is 34.1 Å². The minimum absolute atomic E-state index is 0.0819. The highest BCUT2D eigenvalue weighted by molar-refractivity contribution is 5.24. The molecular weight excluding hydrogens is 328 g/mol. The molecule has 23 heavy (non-hydrogen) atoms. The van der Waals surface area contributed by atoms with Crippen molar-refractivity contribution in [3.8, 4) is 0 Å². The Labute approximate surface area is 125 Å². The van der Waals surface area contributed by atoms with E-state index in [1.54, 1.807) is 0 Å². The van der Waals surface area contributed by atoms with Gasteiger partial charge < -0.3 is 4.74 Å². The molecule has 0 aliphatic rings. The molecule has 0 aliphatic heterocycles. The predicted molar refractivity (Wildman–Crippen MR) is 64.9 cm³/mol. The first-order valence-corrected chi connectivity index (χ1v) is 6.06. The highest BCUT2D eigenvalue weighted by Gasteiger charge is 2.32. The van der Waals surface area contributed by atoms with Gasteiger partial charge in [-0.15, -0.1) is 10.2 Å². The van der Waals surface area contributed by atoms with Crippen LogP contribution in [0.4, 0.5) is 23.2 Å². The van der Waals surface area contributed by atoms with Crippen LogP contribution in [0, 0.1) is 16.1 Å². The quantitative estimate of drug-likeness (QED) is 0.447. The van der Waals surface area contributed by atoms with Crippen LogP contribution in [0.5, 0.6) is 0 Å². The Morgan fingerprint density at radius 1 is 1.48 bits per heavy atom. The van der Waals surface area contributed by atoms with Crippen molar-refractivity contribution < 1.29 is 27.2 Å². The van der Waals surface area contributed by atoms with Crippen LogP contribution in [0.25, 0.3) is 0 Å². The Balaban J connectivity index is 2.42. The Morgan fingerprint density at radius 2 is 2.17 bits per heavy atom. The van der Waals surface area contributed by atoms with Gasteiger partial charge >= 0.3 is 17.8 Å². The molecule has 0 saturated carbocycles. The number of ether oxygens (including phenoxy) is 1. The van der Waals surface area contributed by atoms with Crippen molar-refractivity contribution in [1.82, 2.24) is 24.8 Å². The molecule has 0 aromatic carbocycles. The molecule has 2 heterocycles. The molecule has 0 spiro atoms. The normalized spacial score (nSPS) is 13.3. The van der Waals surface area contributed by atoms with Crippen LogP contribution >= 0.6 is 0 Å². The lowest BCUT2D eigenvalue weighted by Crippen LogP contribution is -2.25. The SMILES string of the molecule is COCC(c1cnnn1CC(F)(F)F)n1cc([N+](=O)[O-])c(F)n1. The second-order valence-corrected chi connectivity index (χ2v) is 4.45. The Kier molecular flexibility index (Phi) is 4.58. The van der Waals surface area contributed by atoms with E-state index >= 15 is 0 Å². The molecule has 0 N–H and O–H groups in total. The zero-order valence-corrected chi connectivity index (χ0v) is 11.6. The zero-order valence-electron chi connectivity index (χ0n) is 11.6. The first kappa shape index (κ1) is 16.8. The van der Waals surface area contributed by atoms with Gasteiger partial charge in [0.2, 0.25) is 0 Å². The predicted octanol–water partition coefficient (Wildman–Crippen LogP) is 1.32. The van der Waals surface area contributed by atoms with Crippen molar-refractivity contribution in [2.24, 2.45) is 0 Å². The average Bonchev–Trinajstić information content (AvgIpc) is 3.01. The highest BCUT2D eigenvalue weighted by Crippen LogP contribution is 2.25. The van der Waals surface area contributed by atoms with Gasteiger partial charge in [-0.05, 0) is 0 Å². The van der Waals surface area contributed by atoms with Gasteiger partial charge in [0, 0.05) is 7.11 Å². The van der Waals surface area contributed by atoms with Gasteiger partial charge in [-0.1, -0.05) is 5.21 Å². The zero-order chi connectivity index (χ0) is 17.2. The second-order valence-electron chi connectivity index (χ2n) is 4.45. The van der Waals surface area contributed by atoms with E-state index in [1.807, 2.05) is 0 Å². The van der Waals surface area contributed by atoms with Crippen molar-refractivity contribution in [1.29, 1.82) is 0 Å². The standard InChI is InChI=1S/C10H10F4N6O3/c1-23-4-8(18-3-7(20(21)22)9(11)16-18)6-2-15-17-19(6)5-10(12,13)14/h2-3,8H,4-5H2,1H3. The van der Waals surface area contributed by atoms with E-state index in [0.29, 0.717) is 4.68 Å². The van der Waals surface area contributed by atoms with Crippen molar-refractivity contribution in [2.75, 3.05) is 13.7 Å². The summed E-state index contributed by atoms with van der Waals surface area (Å²) in [5.74, 6) is -1.36. The summed E-state index contributed by atoms with van der Waals surface area (Å²) in [6, 6.07) is -1.07. The Morgan fingerprint density at radius 3 is 2.70 bits per heavy atom. The van der Waals surface area contributed by atoms with Gasteiger partial charge in [0.25, 0.3) is 0 Å². The summed E-state index contributed by atoms with van der Waals surface area (Å²) in [5, 5.41) is 20.7. The molecule has 0 radical (unpaired) electrons. The third kappa shape index (κ3) is 3.80. The molecule has 2 aromatic rings. The van der Waals surface area contributed by atoms with Crippen LogP contribution in [-0.2, 0) is 11.3 Å². The van der Waals surface area contributed by atoms with E-state index in [4.69, 9.17) is 4.74 Å². The first-order valence-electron chi connectivity index (χ1n) is 6.06. The van der Waals surface area contributed by atoms with E-state index in [1.165, 1.54) is 7.11 Å². The molecule has 2 rings (SSSR count). The third-order valence-electron chi connectivity index (χ3n) is 2.83. The summed E-state index contributed by atoms with van der Waals surface area (Å²) in [4.78, 5) is 9.67. The molecule has 2 aromatic heterocycles. The number of rotatable bonds is 6. The van der Waals surface area contributed by atoms with E-state index in [-0.39, 0.29) is 12.3 Å². The second kappa shape index (κ2) is 6.28. The molecule has 13 heteroatoms. The minimum atomic E-state index is -4.55. The number of nitrogens with zero attached hydrogens (tertiary/aromatic N) is 6. The van der Waals surface area contributed by atoms with Gasteiger partial charge in [-0.3, -0.25) is 14.8 Å². The lowest BCUT2D eigenvalue weighted by atomic mass is 10.2. The van der Waals surface area contributed by atoms with Crippen LogP contribution in [0.1, 0.15) is 11.7 Å². The largest absolute Gasteiger partial charge is 0.408 e. The van der Waals surface area contributed by atoms with Crippen LogP contribution in [0.2, 0.25) is 0 Å². The molecule has 126 valence electrons. The topological polar surface area (TPSA) is 101 Å². The molecule has 0 saturated heterocycles. The Hall–Kier alpha value is -2.57. The maximum atomic E-state index is 13.4. The lowest BCUT2D eigenvalue weighted by Gasteiger charge is -2.17. The van der Waals surface area contributed by atoms with Crippen molar-refractivity contribution >= 4 is 5.69 Å². The number of methoxy groups -OCH3 is 1. The summed E-state index contributed by atoms with van der Waals surface area (Å²) in [7, 11) is 1.26.